The van der Waals surface area contributed by atoms with Crippen LogP contribution in [0.1, 0.15) is 28.8 Å². The number of hydrogen-bond donors (Lipinski definition) is 1. The van der Waals surface area contributed by atoms with Gasteiger partial charge in [-0.25, -0.2) is 4.98 Å². The average molecular weight is 355 g/mol. The van der Waals surface area contributed by atoms with Gasteiger partial charge in [-0.05, 0) is 32.8 Å². The van der Waals surface area contributed by atoms with E-state index in [0.717, 1.165) is 26.4 Å². The molecule has 0 fully saturated rings. The number of thiophene rings is 1. The average Bonchev–Trinajstić information content (AvgIpc) is 2.84. The third-order valence-electron chi connectivity index (χ3n) is 4.40. The smallest absolute Gasteiger partial charge is 0.262 e. The zero-order chi connectivity index (χ0) is 18.1. The van der Waals surface area contributed by atoms with Gasteiger partial charge in [0.15, 0.2) is 0 Å². The molecule has 0 saturated carbocycles. The molecule has 0 aliphatic rings. The number of nitrogens with two attached hydrogens (primary N) is 1. The van der Waals surface area contributed by atoms with Crippen LogP contribution in [0.2, 0.25) is 0 Å². The molecule has 3 rings (SSSR count). The van der Waals surface area contributed by atoms with Crippen molar-refractivity contribution in [2.24, 2.45) is 5.73 Å². The summed E-state index contributed by atoms with van der Waals surface area (Å²) in [6.07, 6.45) is 0.767. The van der Waals surface area contributed by atoms with Crippen molar-refractivity contribution >= 4 is 27.5 Å². The fraction of sp³-hybridized carbons (Fsp3) is 0.316. The lowest BCUT2D eigenvalue weighted by molar-refractivity contribution is -0.118. The maximum absolute atomic E-state index is 13.1. The summed E-state index contributed by atoms with van der Waals surface area (Å²) in [4.78, 5) is 30.8. The Kier molecular flexibility index (Phi) is 4.72. The predicted octanol–water partition coefficient (Wildman–Crippen LogP) is 3.32. The zero-order valence-corrected chi connectivity index (χ0v) is 15.4. The highest BCUT2D eigenvalue weighted by Crippen LogP contribution is 2.28. The molecule has 0 spiro atoms. The minimum atomic E-state index is -0.360. The number of aryl methyl sites for hydroxylation is 3. The summed E-state index contributed by atoms with van der Waals surface area (Å²) >= 11 is 1.54. The van der Waals surface area contributed by atoms with Crippen molar-refractivity contribution in [3.05, 3.63) is 50.6 Å². The van der Waals surface area contributed by atoms with E-state index < -0.39 is 0 Å². The molecule has 1 aromatic carbocycles. The Bertz CT molecular complexity index is 1000. The lowest BCUT2D eigenvalue weighted by atomic mass is 10.1. The molecule has 0 aliphatic carbocycles. The number of fused-ring (bicyclic) bond motifs is 1. The maximum atomic E-state index is 13.1. The van der Waals surface area contributed by atoms with Crippen LogP contribution in [0.5, 0.6) is 0 Å². The third kappa shape index (κ3) is 3.35. The van der Waals surface area contributed by atoms with Crippen LogP contribution in [-0.2, 0) is 11.3 Å². The summed E-state index contributed by atoms with van der Waals surface area (Å²) in [5.41, 5.74) is 8.22. The number of carbonyl (C=O) groups is 1. The fourth-order valence-electron chi connectivity index (χ4n) is 2.87. The molecule has 130 valence electrons. The molecular formula is C19H21N3O2S. The fourth-order valence-corrected chi connectivity index (χ4v) is 3.89. The Morgan fingerprint density at radius 3 is 2.52 bits per heavy atom. The van der Waals surface area contributed by atoms with Gasteiger partial charge in [-0.1, -0.05) is 29.8 Å². The molecule has 5 nitrogen and oxygen atoms in total. The van der Waals surface area contributed by atoms with Gasteiger partial charge in [0, 0.05) is 23.4 Å². The largest absolute Gasteiger partial charge is 0.370 e. The molecule has 0 bridgehead atoms. The minimum Gasteiger partial charge on any atom is -0.370 e. The van der Waals surface area contributed by atoms with E-state index in [9.17, 15) is 9.59 Å². The van der Waals surface area contributed by atoms with Gasteiger partial charge in [0.1, 0.15) is 10.7 Å². The van der Waals surface area contributed by atoms with Crippen LogP contribution in [0.25, 0.3) is 21.6 Å². The highest BCUT2D eigenvalue weighted by atomic mass is 32.1. The normalized spacial score (nSPS) is 11.2. The number of aromatic nitrogens is 2. The van der Waals surface area contributed by atoms with Crippen LogP contribution < -0.4 is 11.3 Å². The van der Waals surface area contributed by atoms with Gasteiger partial charge >= 0.3 is 0 Å². The second kappa shape index (κ2) is 6.80. The summed E-state index contributed by atoms with van der Waals surface area (Å²) < 4.78 is 1.68. The van der Waals surface area contributed by atoms with Crippen molar-refractivity contribution in [3.63, 3.8) is 0 Å². The number of hydrogen-bond acceptors (Lipinski definition) is 4. The van der Waals surface area contributed by atoms with Crippen LogP contribution in [0.4, 0.5) is 0 Å². The van der Waals surface area contributed by atoms with Crippen molar-refractivity contribution in [1.29, 1.82) is 0 Å². The van der Waals surface area contributed by atoms with Gasteiger partial charge in [-0.3, -0.25) is 14.2 Å². The number of rotatable bonds is 5. The molecule has 0 aliphatic heterocycles. The van der Waals surface area contributed by atoms with Crippen molar-refractivity contribution in [1.82, 2.24) is 9.55 Å². The summed E-state index contributed by atoms with van der Waals surface area (Å²) in [5, 5.41) is 0.678. The first-order valence-corrected chi connectivity index (χ1v) is 9.06. The van der Waals surface area contributed by atoms with E-state index in [0.29, 0.717) is 24.2 Å². The molecule has 25 heavy (non-hydrogen) atoms. The second-order valence-corrected chi connectivity index (χ2v) is 7.49. The SMILES string of the molecule is Cc1ccc(-c2nc3sc(C)c(C)c3c(=O)n2CCCC(N)=O)cc1. The molecule has 1 amide bonds. The van der Waals surface area contributed by atoms with Crippen molar-refractivity contribution < 1.29 is 4.79 Å². The number of benzene rings is 1. The van der Waals surface area contributed by atoms with Crippen LogP contribution in [-0.4, -0.2) is 15.5 Å². The minimum absolute atomic E-state index is 0.0492. The van der Waals surface area contributed by atoms with Gasteiger partial charge in [0.2, 0.25) is 5.91 Å². The molecule has 0 saturated heterocycles. The van der Waals surface area contributed by atoms with Gasteiger partial charge < -0.3 is 5.73 Å². The summed E-state index contributed by atoms with van der Waals surface area (Å²) in [7, 11) is 0. The van der Waals surface area contributed by atoms with Crippen LogP contribution in [0.15, 0.2) is 29.1 Å². The summed E-state index contributed by atoms with van der Waals surface area (Å²) in [6, 6.07) is 7.95. The number of primary amides is 1. The van der Waals surface area contributed by atoms with Crippen molar-refractivity contribution in [2.45, 2.75) is 40.2 Å². The Hall–Kier alpha value is -2.47. The first-order valence-electron chi connectivity index (χ1n) is 8.24. The van der Waals surface area contributed by atoms with E-state index in [1.165, 1.54) is 0 Å². The molecule has 0 unspecified atom stereocenters. The lowest BCUT2D eigenvalue weighted by Gasteiger charge is -2.13. The molecule has 2 heterocycles. The zero-order valence-electron chi connectivity index (χ0n) is 14.6. The first-order chi connectivity index (χ1) is 11.9. The number of carbonyl (C=O) groups excluding carboxylic acids is 1. The molecule has 3 aromatic rings. The van der Waals surface area contributed by atoms with E-state index in [1.807, 2.05) is 45.0 Å². The van der Waals surface area contributed by atoms with Crippen molar-refractivity contribution in [2.75, 3.05) is 0 Å². The van der Waals surface area contributed by atoms with Crippen LogP contribution in [0, 0.1) is 20.8 Å². The Labute approximate surface area is 150 Å². The highest BCUT2D eigenvalue weighted by Gasteiger charge is 2.17. The van der Waals surface area contributed by atoms with Gasteiger partial charge in [-0.2, -0.15) is 0 Å². The van der Waals surface area contributed by atoms with E-state index in [1.54, 1.807) is 15.9 Å². The Morgan fingerprint density at radius 1 is 1.20 bits per heavy atom. The first kappa shape index (κ1) is 17.4. The molecule has 0 atom stereocenters. The summed E-state index contributed by atoms with van der Waals surface area (Å²) in [5.74, 6) is 0.282. The second-order valence-electron chi connectivity index (χ2n) is 6.29. The highest BCUT2D eigenvalue weighted by molar-refractivity contribution is 7.18. The number of nitrogens with zero attached hydrogens (tertiary/aromatic N) is 2. The van der Waals surface area contributed by atoms with Gasteiger partial charge in [-0.15, -0.1) is 11.3 Å². The monoisotopic (exact) mass is 355 g/mol. The molecule has 6 heteroatoms. The maximum Gasteiger partial charge on any atom is 0.262 e. The van der Waals surface area contributed by atoms with E-state index in [-0.39, 0.29) is 17.9 Å². The Balaban J connectivity index is 2.20. The Morgan fingerprint density at radius 2 is 1.88 bits per heavy atom. The molecule has 0 radical (unpaired) electrons. The van der Waals surface area contributed by atoms with Gasteiger partial charge in [0.25, 0.3) is 5.56 Å². The summed E-state index contributed by atoms with van der Waals surface area (Å²) in [6.45, 7) is 6.40. The van der Waals surface area contributed by atoms with Crippen LogP contribution >= 0.6 is 11.3 Å². The van der Waals surface area contributed by atoms with Gasteiger partial charge in [0.05, 0.1) is 5.39 Å². The quantitative estimate of drug-likeness (QED) is 0.762. The lowest BCUT2D eigenvalue weighted by Crippen LogP contribution is -2.24. The molecule has 2 aromatic heterocycles. The van der Waals surface area contributed by atoms with Crippen molar-refractivity contribution in [3.8, 4) is 11.4 Å². The number of amides is 1. The van der Waals surface area contributed by atoms with E-state index in [4.69, 9.17) is 10.7 Å². The topological polar surface area (TPSA) is 78.0 Å². The molecular weight excluding hydrogens is 334 g/mol. The third-order valence-corrected chi connectivity index (χ3v) is 5.50. The van der Waals surface area contributed by atoms with E-state index in [2.05, 4.69) is 0 Å². The molecule has 2 N–H and O–H groups in total. The van der Waals surface area contributed by atoms with Crippen LogP contribution in [0.3, 0.4) is 0 Å². The standard InChI is InChI=1S/C19H21N3O2S/c1-11-6-8-14(9-7-11)17-21-18-16(12(2)13(3)25-18)19(24)22(17)10-4-5-15(20)23/h6-9H,4-5,10H2,1-3H3,(H2,20,23). The van der Waals surface area contributed by atoms with E-state index >= 15 is 0 Å². The predicted molar refractivity (Wildman–Crippen MR) is 102 cm³/mol.